The van der Waals surface area contributed by atoms with Gasteiger partial charge in [-0.3, -0.25) is 4.79 Å². The third-order valence-corrected chi connectivity index (χ3v) is 2.85. The fourth-order valence-electron chi connectivity index (χ4n) is 1.54. The summed E-state index contributed by atoms with van der Waals surface area (Å²) in [6.07, 6.45) is 3.94. The molecule has 1 amide bonds. The third kappa shape index (κ3) is 2.57. The van der Waals surface area contributed by atoms with Crippen LogP contribution in [0.2, 0.25) is 0 Å². The Bertz CT molecular complexity index is 371. The highest BCUT2D eigenvalue weighted by atomic mass is 16.2. The minimum Gasteiger partial charge on any atom is -0.342 e. The maximum absolute atomic E-state index is 11.7. The molecular weight excluding hydrogens is 206 g/mol. The maximum Gasteiger partial charge on any atom is 0.236 e. The van der Waals surface area contributed by atoms with Crippen molar-refractivity contribution < 1.29 is 4.79 Å². The van der Waals surface area contributed by atoms with Crippen LogP contribution in [0.3, 0.4) is 0 Å². The van der Waals surface area contributed by atoms with Crippen molar-refractivity contribution in [2.24, 2.45) is 7.05 Å². The monoisotopic (exact) mass is 223 g/mol. The minimum absolute atomic E-state index is 0.143. The van der Waals surface area contributed by atoms with E-state index in [0.29, 0.717) is 19.1 Å². The summed E-state index contributed by atoms with van der Waals surface area (Å²) in [7, 11) is 3.75. The van der Waals surface area contributed by atoms with Gasteiger partial charge in [0.05, 0.1) is 13.1 Å². The molecule has 1 N–H and O–H groups in total. The fraction of sp³-hybridized carbons (Fsp3) is 0.700. The van der Waals surface area contributed by atoms with E-state index < -0.39 is 0 Å². The van der Waals surface area contributed by atoms with Gasteiger partial charge in [-0.15, -0.1) is 10.2 Å². The van der Waals surface area contributed by atoms with Gasteiger partial charge in [0.15, 0.2) is 0 Å². The first-order valence-corrected chi connectivity index (χ1v) is 5.47. The molecule has 0 atom stereocenters. The summed E-state index contributed by atoms with van der Waals surface area (Å²) >= 11 is 0. The van der Waals surface area contributed by atoms with Gasteiger partial charge in [0, 0.05) is 20.1 Å². The van der Waals surface area contributed by atoms with Gasteiger partial charge in [-0.25, -0.2) is 0 Å². The van der Waals surface area contributed by atoms with Crippen molar-refractivity contribution in [3.05, 3.63) is 12.2 Å². The van der Waals surface area contributed by atoms with Crippen LogP contribution >= 0.6 is 0 Å². The first-order valence-electron chi connectivity index (χ1n) is 5.47. The van der Waals surface area contributed by atoms with Gasteiger partial charge < -0.3 is 14.8 Å². The van der Waals surface area contributed by atoms with Crippen LogP contribution in [-0.4, -0.2) is 45.2 Å². The molecule has 1 heterocycles. The Labute approximate surface area is 94.6 Å². The molecule has 0 radical (unpaired) electrons. The molecule has 6 heteroatoms. The molecule has 2 rings (SSSR count). The van der Waals surface area contributed by atoms with Gasteiger partial charge in [-0.2, -0.15) is 0 Å². The number of aryl methyl sites for hydroxylation is 1. The summed E-state index contributed by atoms with van der Waals surface area (Å²) in [5, 5.41) is 10.8. The Morgan fingerprint density at radius 3 is 3.00 bits per heavy atom. The van der Waals surface area contributed by atoms with Crippen molar-refractivity contribution in [2.45, 2.75) is 25.4 Å². The van der Waals surface area contributed by atoms with Gasteiger partial charge in [0.25, 0.3) is 0 Å². The molecule has 1 fully saturated rings. The van der Waals surface area contributed by atoms with Gasteiger partial charge in [0.2, 0.25) is 5.91 Å². The summed E-state index contributed by atoms with van der Waals surface area (Å²) in [5.41, 5.74) is 0. The smallest absolute Gasteiger partial charge is 0.236 e. The highest BCUT2D eigenvalue weighted by Crippen LogP contribution is 2.24. The Hall–Kier alpha value is -1.43. The first-order chi connectivity index (χ1) is 7.68. The Morgan fingerprint density at radius 2 is 2.44 bits per heavy atom. The number of nitrogens with one attached hydrogen (secondary N) is 1. The lowest BCUT2D eigenvalue weighted by Crippen LogP contribution is -2.36. The molecular formula is C10H17N5O. The zero-order valence-corrected chi connectivity index (χ0v) is 9.68. The molecule has 0 aromatic carbocycles. The molecule has 1 aliphatic carbocycles. The van der Waals surface area contributed by atoms with Crippen molar-refractivity contribution in [2.75, 3.05) is 13.6 Å². The Balaban J connectivity index is 1.71. The second kappa shape index (κ2) is 4.61. The van der Waals surface area contributed by atoms with Gasteiger partial charge in [-0.1, -0.05) is 0 Å². The number of rotatable bonds is 5. The van der Waals surface area contributed by atoms with Crippen molar-refractivity contribution >= 4 is 5.91 Å². The fourth-order valence-corrected chi connectivity index (χ4v) is 1.54. The summed E-state index contributed by atoms with van der Waals surface area (Å²) in [6, 6.07) is 0.476. The number of hydrogen-bond donors (Lipinski definition) is 1. The van der Waals surface area contributed by atoms with Crippen LogP contribution in [-0.2, 0) is 18.4 Å². The number of nitrogens with zero attached hydrogens (tertiary/aromatic N) is 4. The van der Waals surface area contributed by atoms with E-state index in [2.05, 4.69) is 15.5 Å². The Kier molecular flexibility index (Phi) is 3.19. The average Bonchev–Trinajstić information content (AvgIpc) is 3.03. The number of aromatic nitrogens is 3. The molecule has 0 aliphatic heterocycles. The van der Waals surface area contributed by atoms with E-state index in [-0.39, 0.29) is 5.91 Å². The predicted octanol–water partition coefficient (Wildman–Crippen LogP) is -0.474. The average molecular weight is 223 g/mol. The van der Waals surface area contributed by atoms with E-state index in [4.69, 9.17) is 0 Å². The molecule has 1 aromatic heterocycles. The largest absolute Gasteiger partial charge is 0.342 e. The molecule has 0 spiro atoms. The van der Waals surface area contributed by atoms with E-state index in [1.54, 1.807) is 6.33 Å². The molecule has 0 bridgehead atoms. The van der Waals surface area contributed by atoms with E-state index in [0.717, 1.165) is 18.7 Å². The first kappa shape index (κ1) is 11.1. The van der Waals surface area contributed by atoms with Gasteiger partial charge >= 0.3 is 0 Å². The van der Waals surface area contributed by atoms with Crippen LogP contribution in [0.5, 0.6) is 0 Å². The zero-order chi connectivity index (χ0) is 11.5. The maximum atomic E-state index is 11.7. The van der Waals surface area contributed by atoms with Crippen LogP contribution in [0, 0.1) is 0 Å². The molecule has 88 valence electrons. The zero-order valence-electron chi connectivity index (χ0n) is 9.68. The number of carbonyl (C=O) groups is 1. The number of hydrogen-bond acceptors (Lipinski definition) is 4. The quantitative estimate of drug-likeness (QED) is 0.732. The Morgan fingerprint density at radius 1 is 1.69 bits per heavy atom. The summed E-state index contributed by atoms with van der Waals surface area (Å²) in [6.45, 7) is 0.931. The molecule has 0 saturated heterocycles. The molecule has 16 heavy (non-hydrogen) atoms. The van der Waals surface area contributed by atoms with Crippen LogP contribution in [0.4, 0.5) is 0 Å². The minimum atomic E-state index is 0.143. The van der Waals surface area contributed by atoms with Crippen molar-refractivity contribution in [3.8, 4) is 0 Å². The summed E-state index contributed by atoms with van der Waals surface area (Å²) in [5.74, 6) is 0.978. The topological polar surface area (TPSA) is 63.1 Å². The highest BCUT2D eigenvalue weighted by molar-refractivity contribution is 5.78. The van der Waals surface area contributed by atoms with E-state index in [9.17, 15) is 4.79 Å². The summed E-state index contributed by atoms with van der Waals surface area (Å²) in [4.78, 5) is 13.5. The number of carbonyl (C=O) groups excluding carboxylic acids is 1. The molecule has 0 unspecified atom stereocenters. The molecule has 1 aromatic rings. The second-order valence-electron chi connectivity index (χ2n) is 4.20. The lowest BCUT2D eigenvalue weighted by molar-refractivity contribution is -0.129. The lowest BCUT2D eigenvalue weighted by atomic mass is 10.4. The predicted molar refractivity (Wildman–Crippen MR) is 58.5 cm³/mol. The number of likely N-dealkylation sites (N-methyl/N-ethyl adjacent to an activating group) is 1. The normalized spacial score (nSPS) is 15.1. The third-order valence-electron chi connectivity index (χ3n) is 2.85. The van der Waals surface area contributed by atoms with Gasteiger partial charge in [0.1, 0.15) is 12.2 Å². The highest BCUT2D eigenvalue weighted by Gasteiger charge is 2.28. The van der Waals surface area contributed by atoms with Gasteiger partial charge in [-0.05, 0) is 12.8 Å². The van der Waals surface area contributed by atoms with E-state index >= 15 is 0 Å². The van der Waals surface area contributed by atoms with Crippen LogP contribution in [0.25, 0.3) is 0 Å². The van der Waals surface area contributed by atoms with Crippen LogP contribution < -0.4 is 5.32 Å². The van der Waals surface area contributed by atoms with E-state index in [1.807, 2.05) is 23.6 Å². The van der Waals surface area contributed by atoms with Crippen LogP contribution in [0.15, 0.2) is 6.33 Å². The molecule has 1 saturated carbocycles. The van der Waals surface area contributed by atoms with E-state index in [1.165, 1.54) is 0 Å². The standard InChI is InChI=1S/C10H17N5O/c1-14-7-12-13-9(14)5-11-6-10(16)15(2)8-3-4-8/h7-8,11H,3-6H2,1-2H3. The molecule has 1 aliphatic rings. The summed E-state index contributed by atoms with van der Waals surface area (Å²) < 4.78 is 1.84. The lowest BCUT2D eigenvalue weighted by Gasteiger charge is -2.16. The number of amides is 1. The van der Waals surface area contributed by atoms with Crippen molar-refractivity contribution in [1.82, 2.24) is 25.0 Å². The van der Waals surface area contributed by atoms with Crippen LogP contribution in [0.1, 0.15) is 18.7 Å². The molecule has 6 nitrogen and oxygen atoms in total. The van der Waals surface area contributed by atoms with Crippen molar-refractivity contribution in [3.63, 3.8) is 0 Å². The van der Waals surface area contributed by atoms with Crippen molar-refractivity contribution in [1.29, 1.82) is 0 Å². The second-order valence-corrected chi connectivity index (χ2v) is 4.20. The SMILES string of the molecule is CN(C(=O)CNCc1nncn1C)C1CC1.